The summed E-state index contributed by atoms with van der Waals surface area (Å²) in [5, 5.41) is 0. The summed E-state index contributed by atoms with van der Waals surface area (Å²) in [5.41, 5.74) is 3.11. The van der Waals surface area contributed by atoms with Gasteiger partial charge in [0.15, 0.2) is 0 Å². The van der Waals surface area contributed by atoms with Crippen molar-refractivity contribution >= 4 is 11.5 Å². The van der Waals surface area contributed by atoms with Crippen molar-refractivity contribution in [2.45, 2.75) is 6.42 Å². The molecule has 20 heavy (non-hydrogen) atoms. The molecule has 0 amide bonds. The molecule has 0 aliphatic heterocycles. The third-order valence-corrected chi connectivity index (χ3v) is 3.28. The van der Waals surface area contributed by atoms with Crippen LogP contribution in [0.2, 0.25) is 0 Å². The average molecular weight is 275 g/mol. The predicted molar refractivity (Wildman–Crippen MR) is 69.3 cm³/mol. The maximum Gasteiger partial charge on any atom is 0.354 e. The number of nitrogens with one attached hydrogen (secondary N) is 1. The van der Waals surface area contributed by atoms with Crippen LogP contribution in [0, 0.1) is 11.6 Å². The van der Waals surface area contributed by atoms with E-state index in [1.165, 1.54) is 19.2 Å². The number of benzene rings is 1. The fraction of sp³-hybridized carbons (Fsp3) is 0.133. The van der Waals surface area contributed by atoms with Gasteiger partial charge in [0.25, 0.3) is 0 Å². The van der Waals surface area contributed by atoms with Gasteiger partial charge < -0.3 is 9.72 Å². The Labute approximate surface area is 113 Å². The molecular weight excluding hydrogens is 264 g/mol. The number of H-pyrrole nitrogens is 1. The van der Waals surface area contributed by atoms with Crippen LogP contribution in [0.4, 0.5) is 8.78 Å². The minimum Gasteiger partial charge on any atom is -0.464 e. The molecule has 1 aliphatic carbocycles. The van der Waals surface area contributed by atoms with Gasteiger partial charge >= 0.3 is 5.97 Å². The highest BCUT2D eigenvalue weighted by atomic mass is 19.1. The largest absolute Gasteiger partial charge is 0.464 e. The van der Waals surface area contributed by atoms with Gasteiger partial charge in [-0.05, 0) is 29.3 Å². The maximum absolute atomic E-state index is 13.3. The molecule has 0 atom stereocenters. The topological polar surface area (TPSA) is 42.1 Å². The van der Waals surface area contributed by atoms with E-state index in [1.54, 1.807) is 6.07 Å². The van der Waals surface area contributed by atoms with E-state index < -0.39 is 17.6 Å². The van der Waals surface area contributed by atoms with Crippen molar-refractivity contribution < 1.29 is 18.3 Å². The predicted octanol–water partition coefficient (Wildman–Crippen LogP) is 3.07. The molecule has 1 heterocycles. The second-order valence-electron chi connectivity index (χ2n) is 4.55. The van der Waals surface area contributed by atoms with Gasteiger partial charge in [-0.15, -0.1) is 0 Å². The van der Waals surface area contributed by atoms with Crippen LogP contribution in [-0.4, -0.2) is 18.1 Å². The normalized spacial score (nSPS) is 13.1. The number of allylic oxidation sites excluding steroid dienone is 1. The zero-order valence-corrected chi connectivity index (χ0v) is 10.7. The molecule has 0 radical (unpaired) electrons. The molecule has 1 aromatic carbocycles. The summed E-state index contributed by atoms with van der Waals surface area (Å²) in [6, 6.07) is 5.02. The first-order chi connectivity index (χ1) is 9.58. The molecule has 0 bridgehead atoms. The van der Waals surface area contributed by atoms with Crippen LogP contribution in [-0.2, 0) is 11.2 Å². The van der Waals surface area contributed by atoms with Crippen molar-refractivity contribution in [3.63, 3.8) is 0 Å². The molecule has 0 unspecified atom stereocenters. The lowest BCUT2D eigenvalue weighted by atomic mass is 10.0. The molecule has 2 aromatic rings. The molecule has 1 aromatic heterocycles. The molecule has 0 saturated carbocycles. The number of carbonyl (C=O) groups excluding carboxylic acids is 1. The van der Waals surface area contributed by atoms with Crippen molar-refractivity contribution in [2.75, 3.05) is 7.11 Å². The Morgan fingerprint density at radius 1 is 1.20 bits per heavy atom. The monoisotopic (exact) mass is 275 g/mol. The Kier molecular flexibility index (Phi) is 2.89. The van der Waals surface area contributed by atoms with Crippen LogP contribution in [0.5, 0.6) is 0 Å². The van der Waals surface area contributed by atoms with Gasteiger partial charge in [0, 0.05) is 23.7 Å². The van der Waals surface area contributed by atoms with Crippen molar-refractivity contribution in [3.05, 3.63) is 64.5 Å². The van der Waals surface area contributed by atoms with Gasteiger partial charge in [-0.1, -0.05) is 6.08 Å². The standard InChI is InChI=1S/C15H11F2NO2/c1-20-15(19)14-7-12-11(2-3-13(12)18-14)8-4-9(16)6-10(17)5-8/h2,4-7,18H,3H2,1H3. The summed E-state index contributed by atoms with van der Waals surface area (Å²) >= 11 is 0. The van der Waals surface area contributed by atoms with E-state index in [0.29, 0.717) is 23.3 Å². The van der Waals surface area contributed by atoms with Gasteiger partial charge in [0.1, 0.15) is 17.3 Å². The molecule has 0 spiro atoms. The number of methoxy groups -OCH3 is 1. The van der Waals surface area contributed by atoms with E-state index in [4.69, 9.17) is 0 Å². The number of aromatic nitrogens is 1. The Morgan fingerprint density at radius 3 is 2.55 bits per heavy atom. The molecule has 0 fully saturated rings. The first-order valence-electron chi connectivity index (χ1n) is 6.05. The summed E-state index contributed by atoms with van der Waals surface area (Å²) in [4.78, 5) is 14.4. The number of esters is 1. The first kappa shape index (κ1) is 12.6. The van der Waals surface area contributed by atoms with E-state index in [-0.39, 0.29) is 0 Å². The lowest BCUT2D eigenvalue weighted by Crippen LogP contribution is -2.01. The fourth-order valence-electron chi connectivity index (χ4n) is 2.42. The van der Waals surface area contributed by atoms with E-state index in [2.05, 4.69) is 9.72 Å². The van der Waals surface area contributed by atoms with Gasteiger partial charge in [0.2, 0.25) is 0 Å². The van der Waals surface area contributed by atoms with Gasteiger partial charge in [-0.2, -0.15) is 0 Å². The van der Waals surface area contributed by atoms with Crippen LogP contribution in [0.1, 0.15) is 27.3 Å². The van der Waals surface area contributed by atoms with Crippen molar-refractivity contribution in [1.29, 1.82) is 0 Å². The van der Waals surface area contributed by atoms with Crippen LogP contribution in [0.15, 0.2) is 30.3 Å². The zero-order chi connectivity index (χ0) is 14.3. The van der Waals surface area contributed by atoms with Crippen LogP contribution < -0.4 is 0 Å². The van der Waals surface area contributed by atoms with E-state index in [0.717, 1.165) is 17.3 Å². The Hall–Kier alpha value is -2.43. The number of hydrogen-bond acceptors (Lipinski definition) is 2. The Bertz CT molecular complexity index is 711. The Morgan fingerprint density at radius 2 is 1.90 bits per heavy atom. The lowest BCUT2D eigenvalue weighted by molar-refractivity contribution is 0.0594. The number of fused-ring (bicyclic) bond motifs is 1. The highest BCUT2D eigenvalue weighted by Gasteiger charge is 2.22. The van der Waals surface area contributed by atoms with Crippen molar-refractivity contribution in [1.82, 2.24) is 4.98 Å². The van der Waals surface area contributed by atoms with E-state index in [9.17, 15) is 13.6 Å². The quantitative estimate of drug-likeness (QED) is 0.856. The third kappa shape index (κ3) is 2.01. The second-order valence-corrected chi connectivity index (χ2v) is 4.55. The fourth-order valence-corrected chi connectivity index (χ4v) is 2.42. The number of hydrogen-bond donors (Lipinski definition) is 1. The average Bonchev–Trinajstić information content (AvgIpc) is 2.95. The van der Waals surface area contributed by atoms with Crippen LogP contribution in [0.25, 0.3) is 5.57 Å². The van der Waals surface area contributed by atoms with Crippen LogP contribution in [0.3, 0.4) is 0 Å². The highest BCUT2D eigenvalue weighted by Crippen LogP contribution is 2.33. The smallest absolute Gasteiger partial charge is 0.354 e. The summed E-state index contributed by atoms with van der Waals surface area (Å²) in [6.45, 7) is 0. The van der Waals surface area contributed by atoms with Crippen molar-refractivity contribution in [3.8, 4) is 0 Å². The molecule has 0 saturated heterocycles. The third-order valence-electron chi connectivity index (χ3n) is 3.28. The molecule has 3 rings (SSSR count). The number of aromatic amines is 1. The number of carbonyl (C=O) groups is 1. The molecule has 1 aliphatic rings. The summed E-state index contributed by atoms with van der Waals surface area (Å²) < 4.78 is 31.2. The second kappa shape index (κ2) is 4.59. The molecule has 102 valence electrons. The number of rotatable bonds is 2. The number of halogens is 2. The molecule has 1 N–H and O–H groups in total. The van der Waals surface area contributed by atoms with Gasteiger partial charge in [-0.3, -0.25) is 0 Å². The Balaban J connectivity index is 2.04. The minimum absolute atomic E-state index is 0.333. The van der Waals surface area contributed by atoms with Gasteiger partial charge in [0.05, 0.1) is 7.11 Å². The summed E-state index contributed by atoms with van der Waals surface area (Å²) in [5.74, 6) is -1.72. The number of ether oxygens (including phenoxy) is 1. The zero-order valence-electron chi connectivity index (χ0n) is 10.7. The van der Waals surface area contributed by atoms with Crippen molar-refractivity contribution in [2.24, 2.45) is 0 Å². The van der Waals surface area contributed by atoms with E-state index in [1.807, 2.05) is 6.08 Å². The van der Waals surface area contributed by atoms with Crippen LogP contribution >= 0.6 is 0 Å². The maximum atomic E-state index is 13.3. The lowest BCUT2D eigenvalue weighted by Gasteiger charge is -2.03. The summed E-state index contributed by atoms with van der Waals surface area (Å²) in [7, 11) is 1.30. The highest BCUT2D eigenvalue weighted by molar-refractivity contribution is 5.92. The minimum atomic E-state index is -0.627. The SMILES string of the molecule is COC(=O)c1cc2c([nH]1)CC=C2c1cc(F)cc(F)c1. The molecule has 3 nitrogen and oxygen atoms in total. The molecular formula is C15H11F2NO2. The first-order valence-corrected chi connectivity index (χ1v) is 6.05. The van der Waals surface area contributed by atoms with Gasteiger partial charge in [-0.25, -0.2) is 13.6 Å². The summed E-state index contributed by atoms with van der Waals surface area (Å²) in [6.07, 6.45) is 2.45. The molecule has 5 heteroatoms. The van der Waals surface area contributed by atoms with E-state index >= 15 is 0 Å².